The van der Waals surface area contributed by atoms with Gasteiger partial charge in [-0.25, -0.2) is 4.39 Å². The first-order chi connectivity index (χ1) is 9.97. The molecule has 2 nitrogen and oxygen atoms in total. The predicted molar refractivity (Wildman–Crippen MR) is 91.4 cm³/mol. The normalized spacial score (nSPS) is 12.1. The molecule has 0 fully saturated rings. The van der Waals surface area contributed by atoms with Crippen molar-refractivity contribution < 1.29 is 13.9 Å². The van der Waals surface area contributed by atoms with Gasteiger partial charge in [-0.15, -0.1) is 11.6 Å². The van der Waals surface area contributed by atoms with Crippen LogP contribution in [-0.4, -0.2) is 14.2 Å². The van der Waals surface area contributed by atoms with Gasteiger partial charge in [0.05, 0.1) is 19.6 Å². The molecule has 0 spiro atoms. The third kappa shape index (κ3) is 3.55. The summed E-state index contributed by atoms with van der Waals surface area (Å²) in [5.74, 6) is 0.295. The van der Waals surface area contributed by atoms with Gasteiger partial charge in [0, 0.05) is 20.2 Å². The average molecular weight is 441 g/mol. The number of benzene rings is 2. The van der Waals surface area contributed by atoms with Crippen molar-refractivity contribution >= 4 is 45.8 Å². The smallest absolute Gasteiger partial charge is 0.163 e. The highest BCUT2D eigenvalue weighted by Gasteiger charge is 2.21. The van der Waals surface area contributed by atoms with Crippen molar-refractivity contribution in [2.45, 2.75) is 5.38 Å². The van der Waals surface area contributed by atoms with Crippen molar-refractivity contribution in [3.05, 3.63) is 55.9 Å². The topological polar surface area (TPSA) is 18.5 Å². The molecule has 112 valence electrons. The van der Waals surface area contributed by atoms with E-state index < -0.39 is 11.2 Å². The standard InChI is InChI=1S/C15H12Cl2FIO2/c1-20-13-6-9(11(18)7-14(13)21-2)15(17)10-5-8(16)3-4-12(10)19/h3-7,15H,1-2H3. The summed E-state index contributed by atoms with van der Waals surface area (Å²) in [7, 11) is 2.95. The van der Waals surface area contributed by atoms with Gasteiger partial charge in [-0.05, 0) is 52.4 Å². The fourth-order valence-electron chi connectivity index (χ4n) is 1.94. The summed E-state index contributed by atoms with van der Waals surface area (Å²) < 4.78 is 25.4. The number of halogens is 4. The molecule has 0 aliphatic heterocycles. The van der Waals surface area contributed by atoms with Crippen LogP contribution in [0.25, 0.3) is 0 Å². The van der Waals surface area contributed by atoms with Crippen LogP contribution in [0.2, 0.25) is 5.02 Å². The molecule has 0 N–H and O–H groups in total. The van der Waals surface area contributed by atoms with Gasteiger partial charge < -0.3 is 9.47 Å². The summed E-state index contributed by atoms with van der Waals surface area (Å²) in [5, 5.41) is -0.118. The predicted octanol–water partition coefficient (Wildman–Crippen LogP) is 5.43. The third-order valence-electron chi connectivity index (χ3n) is 3.01. The Hall–Kier alpha value is -0.720. The lowest BCUT2D eigenvalue weighted by molar-refractivity contribution is 0.351. The molecule has 0 aliphatic rings. The molecule has 6 heteroatoms. The van der Waals surface area contributed by atoms with E-state index in [0.717, 1.165) is 9.13 Å². The molecule has 1 unspecified atom stereocenters. The number of hydrogen-bond acceptors (Lipinski definition) is 2. The Bertz CT molecular complexity index is 664. The number of alkyl halides is 1. The van der Waals surface area contributed by atoms with Gasteiger partial charge in [-0.3, -0.25) is 0 Å². The molecule has 2 aromatic carbocycles. The van der Waals surface area contributed by atoms with Gasteiger partial charge in [0.2, 0.25) is 0 Å². The second-order valence-corrected chi connectivity index (χ2v) is 6.29. The van der Waals surface area contributed by atoms with Crippen LogP contribution >= 0.6 is 45.8 Å². The van der Waals surface area contributed by atoms with Gasteiger partial charge in [0.1, 0.15) is 5.82 Å². The average Bonchev–Trinajstić information content (AvgIpc) is 2.48. The lowest BCUT2D eigenvalue weighted by Gasteiger charge is -2.16. The molecule has 0 aliphatic carbocycles. The van der Waals surface area contributed by atoms with Crippen molar-refractivity contribution in [3.8, 4) is 11.5 Å². The number of hydrogen-bond donors (Lipinski definition) is 0. The first-order valence-electron chi connectivity index (χ1n) is 5.98. The van der Waals surface area contributed by atoms with Crippen LogP contribution in [-0.2, 0) is 0 Å². The Labute approximate surface area is 146 Å². The minimum atomic E-state index is -0.671. The van der Waals surface area contributed by atoms with E-state index in [1.807, 2.05) is 6.07 Å². The molecule has 0 heterocycles. The zero-order chi connectivity index (χ0) is 15.6. The molecule has 21 heavy (non-hydrogen) atoms. The van der Waals surface area contributed by atoms with Crippen LogP contribution in [0.5, 0.6) is 11.5 Å². The van der Waals surface area contributed by atoms with Gasteiger partial charge >= 0.3 is 0 Å². The molecular weight excluding hydrogens is 429 g/mol. The fourth-order valence-corrected chi connectivity index (χ4v) is 3.30. The zero-order valence-electron chi connectivity index (χ0n) is 11.3. The highest BCUT2D eigenvalue weighted by molar-refractivity contribution is 14.1. The van der Waals surface area contributed by atoms with Gasteiger partial charge in [-0.1, -0.05) is 11.6 Å². The van der Waals surface area contributed by atoms with Crippen LogP contribution in [0, 0.1) is 9.39 Å². The van der Waals surface area contributed by atoms with Crippen LogP contribution in [0.15, 0.2) is 30.3 Å². The van der Waals surface area contributed by atoms with E-state index in [2.05, 4.69) is 22.6 Å². The van der Waals surface area contributed by atoms with E-state index in [1.165, 1.54) is 20.3 Å². The quantitative estimate of drug-likeness (QED) is 0.466. The van der Waals surface area contributed by atoms with E-state index in [4.69, 9.17) is 32.7 Å². The summed E-state index contributed by atoms with van der Waals surface area (Å²) in [5.41, 5.74) is 1.06. The molecule has 1 atom stereocenters. The first kappa shape index (κ1) is 16.6. The number of rotatable bonds is 4. The Morgan fingerprint density at radius 1 is 1.05 bits per heavy atom. The highest BCUT2D eigenvalue weighted by atomic mass is 127. The van der Waals surface area contributed by atoms with Crippen molar-refractivity contribution in [1.29, 1.82) is 0 Å². The summed E-state index contributed by atoms with van der Waals surface area (Å²) >= 11 is 14.6. The van der Waals surface area contributed by atoms with Crippen molar-refractivity contribution in [2.75, 3.05) is 14.2 Å². The molecular formula is C15H12Cl2FIO2. The Morgan fingerprint density at radius 3 is 2.29 bits per heavy atom. The van der Waals surface area contributed by atoms with Crippen LogP contribution in [0.1, 0.15) is 16.5 Å². The van der Waals surface area contributed by atoms with Crippen molar-refractivity contribution in [3.63, 3.8) is 0 Å². The van der Waals surface area contributed by atoms with E-state index in [1.54, 1.807) is 18.2 Å². The molecule has 2 rings (SSSR count). The lowest BCUT2D eigenvalue weighted by Crippen LogP contribution is -2.02. The van der Waals surface area contributed by atoms with Crippen LogP contribution in [0.3, 0.4) is 0 Å². The summed E-state index contributed by atoms with van der Waals surface area (Å²) in [6, 6.07) is 8.15. The number of methoxy groups -OCH3 is 2. The molecule has 0 saturated heterocycles. The van der Waals surface area contributed by atoms with Crippen LogP contribution < -0.4 is 9.47 Å². The largest absolute Gasteiger partial charge is 0.493 e. The monoisotopic (exact) mass is 440 g/mol. The fraction of sp³-hybridized carbons (Fsp3) is 0.200. The molecule has 2 aromatic rings. The summed E-state index contributed by atoms with van der Waals surface area (Å²) in [6.07, 6.45) is 0. The molecule has 0 radical (unpaired) electrons. The summed E-state index contributed by atoms with van der Waals surface area (Å²) in [6.45, 7) is 0. The maximum atomic E-state index is 14.3. The molecule has 0 aromatic heterocycles. The summed E-state index contributed by atoms with van der Waals surface area (Å²) in [4.78, 5) is 0. The van der Waals surface area contributed by atoms with Gasteiger partial charge in [0.25, 0.3) is 0 Å². The van der Waals surface area contributed by atoms with Gasteiger partial charge in [0.15, 0.2) is 11.5 Å². The molecule has 0 bridgehead atoms. The molecule has 0 amide bonds. The maximum Gasteiger partial charge on any atom is 0.163 e. The van der Waals surface area contributed by atoms with Crippen LogP contribution in [0.4, 0.5) is 4.39 Å². The third-order valence-corrected chi connectivity index (χ3v) is 4.69. The van der Waals surface area contributed by atoms with E-state index >= 15 is 0 Å². The maximum absolute atomic E-state index is 14.3. The van der Waals surface area contributed by atoms with E-state index in [9.17, 15) is 4.39 Å². The lowest BCUT2D eigenvalue weighted by atomic mass is 10.0. The van der Waals surface area contributed by atoms with Gasteiger partial charge in [-0.2, -0.15) is 0 Å². The second kappa shape index (κ2) is 7.03. The van der Waals surface area contributed by atoms with E-state index in [0.29, 0.717) is 22.1 Å². The van der Waals surface area contributed by atoms with Crippen molar-refractivity contribution in [2.24, 2.45) is 0 Å². The highest BCUT2D eigenvalue weighted by Crippen LogP contribution is 2.39. The minimum absolute atomic E-state index is 0.314. The minimum Gasteiger partial charge on any atom is -0.493 e. The van der Waals surface area contributed by atoms with Crippen molar-refractivity contribution in [1.82, 2.24) is 0 Å². The second-order valence-electron chi connectivity index (χ2n) is 4.26. The Kier molecular flexibility index (Phi) is 5.57. The SMILES string of the molecule is COc1cc(F)c(C(Cl)c2cc(Cl)ccc2I)cc1OC. The first-order valence-corrected chi connectivity index (χ1v) is 7.87. The zero-order valence-corrected chi connectivity index (χ0v) is 15.0. The number of ether oxygens (including phenoxy) is 2. The molecule has 0 saturated carbocycles. The van der Waals surface area contributed by atoms with E-state index in [-0.39, 0.29) is 0 Å². The Balaban J connectivity index is 2.52. The Morgan fingerprint density at radius 2 is 1.67 bits per heavy atom.